The molecule has 2 rings (SSSR count). The second-order valence-corrected chi connectivity index (χ2v) is 5.09. The SMILES string of the molecule is CC(C)(C)OC(=O)N1CCn2nc(C#N)nc2C1. The minimum absolute atomic E-state index is 0.135. The molecule has 0 radical (unpaired) electrons. The Morgan fingerprint density at radius 3 is 2.78 bits per heavy atom. The zero-order valence-corrected chi connectivity index (χ0v) is 10.7. The van der Waals surface area contributed by atoms with Crippen LogP contribution in [-0.4, -0.2) is 37.9 Å². The van der Waals surface area contributed by atoms with Gasteiger partial charge in [0.15, 0.2) is 0 Å². The van der Waals surface area contributed by atoms with E-state index in [0.29, 0.717) is 25.5 Å². The number of ether oxygens (including phenoxy) is 1. The van der Waals surface area contributed by atoms with Gasteiger partial charge in [-0.1, -0.05) is 0 Å². The molecule has 1 aliphatic rings. The lowest BCUT2D eigenvalue weighted by molar-refractivity contribution is 0.0190. The fourth-order valence-corrected chi connectivity index (χ4v) is 1.67. The Morgan fingerprint density at radius 2 is 2.17 bits per heavy atom. The van der Waals surface area contributed by atoms with Gasteiger partial charge in [0.05, 0.1) is 13.1 Å². The van der Waals surface area contributed by atoms with E-state index >= 15 is 0 Å². The minimum Gasteiger partial charge on any atom is -0.444 e. The van der Waals surface area contributed by atoms with Gasteiger partial charge in [-0.25, -0.2) is 14.5 Å². The van der Waals surface area contributed by atoms with Crippen LogP contribution in [0.1, 0.15) is 32.4 Å². The zero-order valence-electron chi connectivity index (χ0n) is 10.7. The molecule has 0 aliphatic carbocycles. The summed E-state index contributed by atoms with van der Waals surface area (Å²) in [5, 5.41) is 12.7. The monoisotopic (exact) mass is 249 g/mol. The topological polar surface area (TPSA) is 84.0 Å². The average Bonchev–Trinajstić information content (AvgIpc) is 2.68. The molecule has 0 N–H and O–H groups in total. The second-order valence-electron chi connectivity index (χ2n) is 5.09. The van der Waals surface area contributed by atoms with Gasteiger partial charge in [0.1, 0.15) is 17.5 Å². The smallest absolute Gasteiger partial charge is 0.410 e. The van der Waals surface area contributed by atoms with Gasteiger partial charge in [-0.3, -0.25) is 4.90 Å². The van der Waals surface area contributed by atoms with E-state index in [4.69, 9.17) is 10.00 Å². The number of nitriles is 1. The maximum Gasteiger partial charge on any atom is 0.410 e. The standard InChI is InChI=1S/C11H15N5O2/c1-11(2,3)18-10(17)15-4-5-16-9(7-15)13-8(6-12)14-16/h4-5,7H2,1-3H3. The first-order valence-corrected chi connectivity index (χ1v) is 5.71. The molecule has 0 aromatic carbocycles. The van der Waals surface area contributed by atoms with Crippen LogP contribution in [0.15, 0.2) is 0 Å². The summed E-state index contributed by atoms with van der Waals surface area (Å²) >= 11 is 0. The second kappa shape index (κ2) is 4.29. The lowest BCUT2D eigenvalue weighted by Crippen LogP contribution is -2.41. The van der Waals surface area contributed by atoms with Crippen LogP contribution >= 0.6 is 0 Å². The van der Waals surface area contributed by atoms with Crippen molar-refractivity contribution in [3.8, 4) is 6.07 Å². The maximum atomic E-state index is 11.9. The number of aromatic nitrogens is 3. The number of hydrogen-bond donors (Lipinski definition) is 0. The van der Waals surface area contributed by atoms with Gasteiger partial charge in [-0.15, -0.1) is 5.10 Å². The number of amides is 1. The molecule has 0 saturated heterocycles. The fraction of sp³-hybridized carbons (Fsp3) is 0.636. The number of carbonyl (C=O) groups excluding carboxylic acids is 1. The fourth-order valence-electron chi connectivity index (χ4n) is 1.67. The highest BCUT2D eigenvalue weighted by molar-refractivity contribution is 5.68. The summed E-state index contributed by atoms with van der Waals surface area (Å²) < 4.78 is 6.94. The molecule has 0 atom stereocenters. The van der Waals surface area contributed by atoms with Crippen LogP contribution in [0.5, 0.6) is 0 Å². The first kappa shape index (κ1) is 12.4. The average molecular weight is 249 g/mol. The first-order chi connectivity index (χ1) is 8.39. The van der Waals surface area contributed by atoms with Gasteiger partial charge in [-0.2, -0.15) is 5.26 Å². The van der Waals surface area contributed by atoms with Crippen molar-refractivity contribution in [1.29, 1.82) is 5.26 Å². The van der Waals surface area contributed by atoms with Gasteiger partial charge in [0.25, 0.3) is 5.82 Å². The van der Waals surface area contributed by atoms with Gasteiger partial charge in [0, 0.05) is 6.54 Å². The number of carbonyl (C=O) groups is 1. The third-order valence-corrected chi connectivity index (χ3v) is 2.41. The van der Waals surface area contributed by atoms with Crippen molar-refractivity contribution in [2.75, 3.05) is 6.54 Å². The first-order valence-electron chi connectivity index (χ1n) is 5.71. The normalized spacial score (nSPS) is 14.9. The maximum absolute atomic E-state index is 11.9. The Kier molecular flexibility index (Phi) is 2.95. The lowest BCUT2D eigenvalue weighted by Gasteiger charge is -2.29. The molecule has 0 unspecified atom stereocenters. The molecule has 0 spiro atoms. The molecular formula is C11H15N5O2. The van der Waals surface area contributed by atoms with Crippen LogP contribution < -0.4 is 0 Å². The summed E-state index contributed by atoms with van der Waals surface area (Å²) in [4.78, 5) is 17.5. The van der Waals surface area contributed by atoms with Crippen molar-refractivity contribution in [1.82, 2.24) is 19.7 Å². The molecule has 1 amide bonds. The van der Waals surface area contributed by atoms with Gasteiger partial charge in [-0.05, 0) is 20.8 Å². The van der Waals surface area contributed by atoms with Crippen molar-refractivity contribution in [2.24, 2.45) is 0 Å². The third-order valence-electron chi connectivity index (χ3n) is 2.41. The number of hydrogen-bond acceptors (Lipinski definition) is 5. The Hall–Kier alpha value is -2.10. The van der Waals surface area contributed by atoms with E-state index in [1.54, 1.807) is 9.58 Å². The van der Waals surface area contributed by atoms with Gasteiger partial charge < -0.3 is 4.74 Å². The Balaban J connectivity index is 2.08. The van der Waals surface area contributed by atoms with Crippen LogP contribution in [-0.2, 0) is 17.8 Å². The van der Waals surface area contributed by atoms with E-state index in [-0.39, 0.29) is 11.9 Å². The molecule has 18 heavy (non-hydrogen) atoms. The van der Waals surface area contributed by atoms with E-state index in [9.17, 15) is 4.79 Å². The highest BCUT2D eigenvalue weighted by atomic mass is 16.6. The lowest BCUT2D eigenvalue weighted by atomic mass is 10.2. The number of nitrogens with zero attached hydrogens (tertiary/aromatic N) is 5. The molecule has 1 aliphatic heterocycles. The zero-order chi connectivity index (χ0) is 13.3. The third kappa shape index (κ3) is 2.59. The quantitative estimate of drug-likeness (QED) is 0.682. The van der Waals surface area contributed by atoms with Crippen LogP contribution in [0.2, 0.25) is 0 Å². The highest BCUT2D eigenvalue weighted by Gasteiger charge is 2.27. The van der Waals surface area contributed by atoms with E-state index in [0.717, 1.165) is 0 Å². The van der Waals surface area contributed by atoms with Crippen molar-refractivity contribution < 1.29 is 9.53 Å². The molecule has 1 aromatic rings. The summed E-state index contributed by atoms with van der Waals surface area (Å²) in [7, 11) is 0. The molecule has 7 nitrogen and oxygen atoms in total. The summed E-state index contributed by atoms with van der Waals surface area (Å²) in [6.07, 6.45) is -0.366. The minimum atomic E-state index is -0.514. The van der Waals surface area contributed by atoms with Gasteiger partial charge in [0.2, 0.25) is 0 Å². The number of rotatable bonds is 0. The largest absolute Gasteiger partial charge is 0.444 e. The van der Waals surface area contributed by atoms with E-state index in [2.05, 4.69) is 10.1 Å². The van der Waals surface area contributed by atoms with E-state index in [1.165, 1.54) is 0 Å². The summed E-state index contributed by atoms with van der Waals surface area (Å²) in [5.41, 5.74) is -0.514. The van der Waals surface area contributed by atoms with Crippen LogP contribution in [0.25, 0.3) is 0 Å². The molecule has 0 saturated carbocycles. The molecule has 1 aromatic heterocycles. The summed E-state index contributed by atoms with van der Waals surface area (Å²) in [6.45, 7) is 6.84. The summed E-state index contributed by atoms with van der Waals surface area (Å²) in [5.74, 6) is 0.750. The molecule has 0 bridgehead atoms. The van der Waals surface area contributed by atoms with Crippen LogP contribution in [0.4, 0.5) is 4.79 Å². The molecule has 7 heteroatoms. The summed E-state index contributed by atoms with van der Waals surface area (Å²) in [6, 6.07) is 1.89. The van der Waals surface area contributed by atoms with Gasteiger partial charge >= 0.3 is 6.09 Å². The van der Waals surface area contributed by atoms with Crippen molar-refractivity contribution in [3.63, 3.8) is 0 Å². The Bertz CT molecular complexity index is 508. The predicted molar refractivity (Wildman–Crippen MR) is 61.4 cm³/mol. The van der Waals surface area contributed by atoms with Crippen molar-refractivity contribution in [2.45, 2.75) is 39.5 Å². The van der Waals surface area contributed by atoms with Crippen LogP contribution in [0, 0.1) is 11.3 Å². The Morgan fingerprint density at radius 1 is 1.44 bits per heavy atom. The molecule has 0 fully saturated rings. The van der Waals surface area contributed by atoms with E-state index in [1.807, 2.05) is 26.8 Å². The molecule has 96 valence electrons. The Labute approximate surface area is 105 Å². The molecule has 2 heterocycles. The van der Waals surface area contributed by atoms with Crippen molar-refractivity contribution in [3.05, 3.63) is 11.6 Å². The van der Waals surface area contributed by atoms with Crippen LogP contribution in [0.3, 0.4) is 0 Å². The molecular weight excluding hydrogens is 234 g/mol. The van der Waals surface area contributed by atoms with E-state index < -0.39 is 5.60 Å². The predicted octanol–water partition coefficient (Wildman–Crippen LogP) is 0.900. The highest BCUT2D eigenvalue weighted by Crippen LogP contribution is 2.15. The number of fused-ring (bicyclic) bond motifs is 1. The van der Waals surface area contributed by atoms with Crippen molar-refractivity contribution >= 4 is 6.09 Å².